The highest BCUT2D eigenvalue weighted by Gasteiger charge is 2.13. The van der Waals surface area contributed by atoms with Gasteiger partial charge in [0, 0.05) is 36.1 Å². The Hall–Kier alpha value is -2.70. The number of anilines is 1. The van der Waals surface area contributed by atoms with Crippen molar-refractivity contribution in [2.75, 3.05) is 5.32 Å². The van der Waals surface area contributed by atoms with E-state index in [1.54, 1.807) is 30.0 Å². The van der Waals surface area contributed by atoms with Gasteiger partial charge in [0.25, 0.3) is 5.69 Å². The first-order valence-corrected chi connectivity index (χ1v) is 6.94. The van der Waals surface area contributed by atoms with Crippen LogP contribution in [0.3, 0.4) is 0 Å². The predicted octanol–water partition coefficient (Wildman–Crippen LogP) is 2.86. The van der Waals surface area contributed by atoms with E-state index in [-0.39, 0.29) is 24.1 Å². The van der Waals surface area contributed by atoms with Gasteiger partial charge in [0.2, 0.25) is 5.91 Å². The summed E-state index contributed by atoms with van der Waals surface area (Å²) in [5.41, 5.74) is 1.23. The molecule has 0 bridgehead atoms. The minimum atomic E-state index is -0.459. The predicted molar refractivity (Wildman–Crippen MR) is 82.8 cm³/mol. The summed E-state index contributed by atoms with van der Waals surface area (Å²) in [7, 11) is 0. The molecule has 1 aromatic heterocycles. The zero-order chi connectivity index (χ0) is 16.3. The Morgan fingerprint density at radius 2 is 2.18 bits per heavy atom. The molecule has 0 saturated carbocycles. The maximum absolute atomic E-state index is 12.1. The molecule has 0 unspecified atom stereocenters. The van der Waals surface area contributed by atoms with Crippen molar-refractivity contribution < 1.29 is 9.72 Å². The number of benzene rings is 1. The Balaban J connectivity index is 2.09. The molecular weight excluding hydrogens is 284 g/mol. The normalized spacial score (nSPS) is 10.7. The van der Waals surface area contributed by atoms with Gasteiger partial charge < -0.3 is 9.88 Å². The van der Waals surface area contributed by atoms with E-state index >= 15 is 0 Å². The SMILES string of the molecule is Cc1cc([N+](=O)[O-])ccc1NC(=O)Cn1ccnc1C(C)C. The smallest absolute Gasteiger partial charge is 0.269 e. The Labute approximate surface area is 128 Å². The van der Waals surface area contributed by atoms with Crippen molar-refractivity contribution in [2.24, 2.45) is 0 Å². The third-order valence-electron chi connectivity index (χ3n) is 3.27. The number of imidazole rings is 1. The lowest BCUT2D eigenvalue weighted by Crippen LogP contribution is -2.20. The summed E-state index contributed by atoms with van der Waals surface area (Å²) in [5.74, 6) is 0.872. The zero-order valence-corrected chi connectivity index (χ0v) is 12.7. The molecular formula is C15H18N4O3. The van der Waals surface area contributed by atoms with Gasteiger partial charge in [0.05, 0.1) is 4.92 Å². The molecule has 1 aromatic carbocycles. The van der Waals surface area contributed by atoms with Gasteiger partial charge in [-0.3, -0.25) is 14.9 Å². The van der Waals surface area contributed by atoms with Crippen molar-refractivity contribution in [2.45, 2.75) is 33.2 Å². The molecule has 0 radical (unpaired) electrons. The number of nitrogens with one attached hydrogen (secondary N) is 1. The van der Waals surface area contributed by atoms with Crippen LogP contribution in [0.2, 0.25) is 0 Å². The zero-order valence-electron chi connectivity index (χ0n) is 12.7. The van der Waals surface area contributed by atoms with Crippen molar-refractivity contribution in [3.8, 4) is 0 Å². The van der Waals surface area contributed by atoms with Gasteiger partial charge in [-0.05, 0) is 18.6 Å². The van der Waals surface area contributed by atoms with Gasteiger partial charge in [0.1, 0.15) is 12.4 Å². The number of nitro benzene ring substituents is 1. The van der Waals surface area contributed by atoms with Crippen LogP contribution in [0.1, 0.15) is 31.2 Å². The summed E-state index contributed by atoms with van der Waals surface area (Å²) in [5, 5.41) is 13.5. The van der Waals surface area contributed by atoms with Crippen molar-refractivity contribution in [3.63, 3.8) is 0 Å². The summed E-state index contributed by atoms with van der Waals surface area (Å²) in [6, 6.07) is 4.36. The minimum absolute atomic E-state index is 0.00667. The number of amides is 1. The average molecular weight is 302 g/mol. The van der Waals surface area contributed by atoms with E-state index in [2.05, 4.69) is 10.3 Å². The Morgan fingerprint density at radius 3 is 2.77 bits per heavy atom. The van der Waals surface area contributed by atoms with E-state index in [1.165, 1.54) is 12.1 Å². The van der Waals surface area contributed by atoms with Crippen molar-refractivity contribution >= 4 is 17.3 Å². The number of aryl methyl sites for hydroxylation is 1. The fraction of sp³-hybridized carbons (Fsp3) is 0.333. The number of hydrogen-bond acceptors (Lipinski definition) is 4. The topological polar surface area (TPSA) is 90.1 Å². The van der Waals surface area contributed by atoms with Crippen molar-refractivity contribution in [1.82, 2.24) is 9.55 Å². The van der Waals surface area contributed by atoms with Crippen molar-refractivity contribution in [3.05, 3.63) is 52.1 Å². The molecule has 2 rings (SSSR count). The summed E-state index contributed by atoms with van der Waals surface area (Å²) < 4.78 is 1.79. The van der Waals surface area contributed by atoms with Crippen molar-refractivity contribution in [1.29, 1.82) is 0 Å². The Kier molecular flexibility index (Phi) is 4.55. The van der Waals surface area contributed by atoms with Crippen LogP contribution in [-0.4, -0.2) is 20.4 Å². The monoisotopic (exact) mass is 302 g/mol. The molecule has 0 aliphatic heterocycles. The maximum atomic E-state index is 12.1. The van der Waals surface area contributed by atoms with E-state index in [9.17, 15) is 14.9 Å². The van der Waals surface area contributed by atoms with Gasteiger partial charge >= 0.3 is 0 Å². The molecule has 22 heavy (non-hydrogen) atoms. The molecule has 0 atom stereocenters. The molecule has 7 nitrogen and oxygen atoms in total. The van der Waals surface area contributed by atoms with Gasteiger partial charge in [-0.15, -0.1) is 0 Å². The second kappa shape index (κ2) is 6.38. The highest BCUT2D eigenvalue weighted by atomic mass is 16.6. The third-order valence-corrected chi connectivity index (χ3v) is 3.27. The second-order valence-corrected chi connectivity index (χ2v) is 5.37. The van der Waals surface area contributed by atoms with Gasteiger partial charge in [-0.2, -0.15) is 0 Å². The molecule has 2 aromatic rings. The first kappa shape index (κ1) is 15.7. The highest BCUT2D eigenvalue weighted by molar-refractivity contribution is 5.91. The first-order valence-electron chi connectivity index (χ1n) is 6.94. The molecule has 1 N–H and O–H groups in total. The molecule has 1 amide bonds. The van der Waals surface area contributed by atoms with Crippen LogP contribution >= 0.6 is 0 Å². The number of carbonyl (C=O) groups is 1. The number of non-ortho nitro benzene ring substituents is 1. The van der Waals surface area contributed by atoms with E-state index in [0.29, 0.717) is 11.3 Å². The van der Waals surface area contributed by atoms with E-state index in [0.717, 1.165) is 5.82 Å². The van der Waals surface area contributed by atoms with Crippen LogP contribution in [0.5, 0.6) is 0 Å². The largest absolute Gasteiger partial charge is 0.325 e. The summed E-state index contributed by atoms with van der Waals surface area (Å²) in [6.45, 7) is 5.90. The van der Waals surface area contributed by atoms with E-state index in [4.69, 9.17) is 0 Å². The number of carbonyl (C=O) groups excluding carboxylic acids is 1. The second-order valence-electron chi connectivity index (χ2n) is 5.37. The van der Waals surface area contributed by atoms with Gasteiger partial charge in [0.15, 0.2) is 0 Å². The lowest BCUT2D eigenvalue weighted by molar-refractivity contribution is -0.384. The number of aromatic nitrogens is 2. The maximum Gasteiger partial charge on any atom is 0.269 e. The quantitative estimate of drug-likeness (QED) is 0.679. The van der Waals surface area contributed by atoms with Crippen LogP contribution in [0, 0.1) is 17.0 Å². The Bertz CT molecular complexity index is 707. The Morgan fingerprint density at radius 1 is 1.45 bits per heavy atom. The molecule has 1 heterocycles. The molecule has 7 heteroatoms. The average Bonchev–Trinajstić information content (AvgIpc) is 2.89. The van der Waals surface area contributed by atoms with Gasteiger partial charge in [-0.1, -0.05) is 13.8 Å². The number of hydrogen-bond donors (Lipinski definition) is 1. The standard InChI is InChI=1S/C15H18N4O3/c1-10(2)15-16-6-7-18(15)9-14(20)17-13-5-4-12(19(21)22)8-11(13)3/h4-8,10H,9H2,1-3H3,(H,17,20). The van der Waals surface area contributed by atoms with Crippen LogP contribution in [-0.2, 0) is 11.3 Å². The lowest BCUT2D eigenvalue weighted by Gasteiger charge is -2.12. The first-order chi connectivity index (χ1) is 10.4. The van der Waals surface area contributed by atoms with E-state index < -0.39 is 4.92 Å². The van der Waals surface area contributed by atoms with Crippen LogP contribution in [0.15, 0.2) is 30.6 Å². The minimum Gasteiger partial charge on any atom is -0.325 e. The summed E-state index contributed by atoms with van der Waals surface area (Å²) >= 11 is 0. The molecule has 0 saturated heterocycles. The fourth-order valence-electron chi connectivity index (χ4n) is 2.20. The number of nitro groups is 1. The van der Waals surface area contributed by atoms with Crippen LogP contribution in [0.4, 0.5) is 11.4 Å². The molecule has 0 spiro atoms. The molecule has 116 valence electrons. The third kappa shape index (κ3) is 3.49. The molecule has 0 aliphatic rings. The highest BCUT2D eigenvalue weighted by Crippen LogP contribution is 2.21. The van der Waals surface area contributed by atoms with Crippen LogP contribution in [0.25, 0.3) is 0 Å². The molecule has 0 aliphatic carbocycles. The fourth-order valence-corrected chi connectivity index (χ4v) is 2.20. The summed E-state index contributed by atoms with van der Waals surface area (Å²) in [6.07, 6.45) is 3.43. The lowest BCUT2D eigenvalue weighted by atomic mass is 10.2. The molecule has 0 fully saturated rings. The van der Waals surface area contributed by atoms with Gasteiger partial charge in [-0.25, -0.2) is 4.98 Å². The van der Waals surface area contributed by atoms with Crippen LogP contribution < -0.4 is 5.32 Å². The summed E-state index contributed by atoms with van der Waals surface area (Å²) in [4.78, 5) is 26.6. The number of nitrogens with zero attached hydrogens (tertiary/aromatic N) is 3. The number of rotatable bonds is 5. The van der Waals surface area contributed by atoms with E-state index in [1.807, 2.05) is 13.8 Å².